The average Bonchev–Trinajstić information content (AvgIpc) is 1.36. The first kappa shape index (κ1) is 15.7. The van der Waals surface area contributed by atoms with Gasteiger partial charge < -0.3 is 13.9 Å². The summed E-state index contributed by atoms with van der Waals surface area (Å²) in [6.45, 7) is 2.00. The zero-order valence-electron chi connectivity index (χ0n) is 3.86. The molecule has 44 valence electrons. The largest absolute Gasteiger partial charge is 2.00 e. The smallest absolute Gasteiger partial charge is 0.759 e. The minimum Gasteiger partial charge on any atom is -0.759 e. The maximum absolute atomic E-state index is 8.52. The minimum absolute atomic E-state index is 0. The number of hydrogen-bond donors (Lipinski definition) is 0. The van der Waals surface area contributed by atoms with Crippen molar-refractivity contribution in [2.75, 3.05) is 0 Å². The molecule has 0 aromatic rings. The second-order valence-electron chi connectivity index (χ2n) is 0.408. The van der Waals surface area contributed by atoms with Gasteiger partial charge in [-0.25, -0.2) is 0 Å². The van der Waals surface area contributed by atoms with Crippen LogP contribution in [0, 0.1) is 0 Å². The van der Waals surface area contributed by atoms with Crippen molar-refractivity contribution in [1.82, 2.24) is 0 Å². The molecule has 5 nitrogen and oxygen atoms in total. The van der Waals surface area contributed by atoms with Gasteiger partial charge in [0.25, 0.3) is 0 Å². The Kier molecular flexibility index (Phi) is 14.1. The van der Waals surface area contributed by atoms with Crippen LogP contribution in [0.25, 0.3) is 0 Å². The van der Waals surface area contributed by atoms with Crippen molar-refractivity contribution in [1.29, 1.82) is 0 Å². The van der Waals surface area contributed by atoms with Gasteiger partial charge in [0.15, 0.2) is 0 Å². The van der Waals surface area contributed by atoms with Gasteiger partial charge in [-0.15, -0.1) is 0 Å². The molecule has 0 heterocycles. The van der Waals surface area contributed by atoms with Crippen molar-refractivity contribution in [3.8, 4) is 0 Å². The fourth-order valence-corrected chi connectivity index (χ4v) is 0. The topological polar surface area (TPSA) is 97.3 Å². The summed E-state index contributed by atoms with van der Waals surface area (Å²) >= 11 is 0. The van der Waals surface area contributed by atoms with Crippen LogP contribution in [0.1, 0.15) is 0 Å². The summed E-state index contributed by atoms with van der Waals surface area (Å²) < 4.78 is 34.1. The molecular formula is CH2O5SZn. The molecule has 0 aromatic heterocycles. The van der Waals surface area contributed by atoms with E-state index in [9.17, 15) is 0 Å². The maximum atomic E-state index is 8.52. The van der Waals surface area contributed by atoms with Gasteiger partial charge in [-0.2, -0.15) is 0 Å². The molecule has 0 aliphatic heterocycles. The molecule has 0 N–H and O–H groups in total. The van der Waals surface area contributed by atoms with E-state index >= 15 is 0 Å². The molecule has 0 atom stereocenters. The fourth-order valence-electron chi connectivity index (χ4n) is 0. The third-order valence-electron chi connectivity index (χ3n) is 0. The van der Waals surface area contributed by atoms with Gasteiger partial charge >= 0.3 is 19.5 Å². The van der Waals surface area contributed by atoms with E-state index in [0.717, 1.165) is 0 Å². The van der Waals surface area contributed by atoms with E-state index in [1.165, 1.54) is 0 Å². The van der Waals surface area contributed by atoms with Gasteiger partial charge in [0.05, 0.1) is 0 Å². The number of carbonyl (C=O) groups excluding carboxylic acids is 1. The second kappa shape index (κ2) is 7.16. The molecule has 0 aliphatic carbocycles. The summed E-state index contributed by atoms with van der Waals surface area (Å²) in [5.74, 6) is 0. The molecule has 0 rings (SSSR count). The van der Waals surface area contributed by atoms with E-state index in [0.29, 0.717) is 0 Å². The third-order valence-corrected chi connectivity index (χ3v) is 0. The molecule has 0 unspecified atom stereocenters. The second-order valence-corrected chi connectivity index (χ2v) is 1.22. The monoisotopic (exact) mass is 190 g/mol. The Morgan fingerprint density at radius 2 is 1.12 bits per heavy atom. The van der Waals surface area contributed by atoms with Crippen LogP contribution in [0.15, 0.2) is 0 Å². The first-order valence-electron chi connectivity index (χ1n) is 0.955. The summed E-state index contributed by atoms with van der Waals surface area (Å²) in [7, 11) is -5.17. The maximum Gasteiger partial charge on any atom is 2.00 e. The quantitative estimate of drug-likeness (QED) is 0.263. The van der Waals surface area contributed by atoms with Crippen LogP contribution in [0.5, 0.6) is 0 Å². The first-order chi connectivity index (χ1) is 3.00. The fraction of sp³-hybridized carbons (Fsp3) is 0. The molecule has 0 bridgehead atoms. The molecule has 0 aliphatic rings. The van der Waals surface area contributed by atoms with Crippen molar-refractivity contribution in [3.05, 3.63) is 0 Å². The van der Waals surface area contributed by atoms with Gasteiger partial charge in [0.2, 0.25) is 0 Å². The van der Waals surface area contributed by atoms with Crippen LogP contribution in [0.2, 0.25) is 0 Å². The van der Waals surface area contributed by atoms with E-state index < -0.39 is 10.4 Å². The zero-order chi connectivity index (χ0) is 6.50. The molecular weight excluding hydrogens is 189 g/mol. The van der Waals surface area contributed by atoms with Gasteiger partial charge in [0, 0.05) is 10.4 Å². The Bertz CT molecular complexity index is 106. The number of carbonyl (C=O) groups is 1. The Balaban J connectivity index is -0.0000000750. The van der Waals surface area contributed by atoms with Crippen LogP contribution in [0.4, 0.5) is 0 Å². The number of hydrogen-bond acceptors (Lipinski definition) is 5. The molecule has 0 radical (unpaired) electrons. The predicted molar refractivity (Wildman–Crippen MR) is 17.6 cm³/mol. The average molecular weight is 191 g/mol. The molecule has 0 fully saturated rings. The molecule has 0 saturated carbocycles. The summed E-state index contributed by atoms with van der Waals surface area (Å²) in [5.41, 5.74) is 0. The van der Waals surface area contributed by atoms with Crippen molar-refractivity contribution < 1.29 is 41.8 Å². The Labute approximate surface area is 59.4 Å². The molecule has 0 amide bonds. The molecule has 0 saturated heterocycles. The summed E-state index contributed by atoms with van der Waals surface area (Å²) in [6.07, 6.45) is 0. The van der Waals surface area contributed by atoms with E-state index in [2.05, 4.69) is 0 Å². The Hall–Kier alpha value is 0.163. The normalized spacial score (nSPS) is 7.75. The van der Waals surface area contributed by atoms with Crippen LogP contribution >= 0.6 is 0 Å². The van der Waals surface area contributed by atoms with Crippen molar-refractivity contribution in [2.24, 2.45) is 0 Å². The summed E-state index contributed by atoms with van der Waals surface area (Å²) in [6, 6.07) is 0. The van der Waals surface area contributed by atoms with Crippen molar-refractivity contribution in [3.63, 3.8) is 0 Å². The van der Waals surface area contributed by atoms with E-state index in [1.54, 1.807) is 0 Å². The van der Waals surface area contributed by atoms with Crippen molar-refractivity contribution >= 4 is 17.2 Å². The molecule has 0 aromatic carbocycles. The third kappa shape index (κ3) is 6160. The van der Waals surface area contributed by atoms with Gasteiger partial charge in [-0.05, 0) is 0 Å². The Morgan fingerprint density at radius 1 is 1.12 bits per heavy atom. The summed E-state index contributed by atoms with van der Waals surface area (Å²) in [4.78, 5) is 8.00. The van der Waals surface area contributed by atoms with E-state index in [1.807, 2.05) is 6.79 Å². The molecule has 8 heavy (non-hydrogen) atoms. The van der Waals surface area contributed by atoms with Gasteiger partial charge in [-0.3, -0.25) is 8.42 Å². The zero-order valence-corrected chi connectivity index (χ0v) is 7.65. The van der Waals surface area contributed by atoms with Crippen LogP contribution in [-0.4, -0.2) is 24.3 Å². The SMILES string of the molecule is C=O.O=S(=O)([O-])[O-].[Zn+2]. The molecule has 7 heteroatoms. The predicted octanol–water partition coefficient (Wildman–Crippen LogP) is -1.53. The van der Waals surface area contributed by atoms with Crippen LogP contribution < -0.4 is 0 Å². The Morgan fingerprint density at radius 3 is 1.12 bits per heavy atom. The van der Waals surface area contributed by atoms with Crippen LogP contribution in [0.3, 0.4) is 0 Å². The van der Waals surface area contributed by atoms with E-state index in [-0.39, 0.29) is 19.5 Å². The minimum atomic E-state index is -5.17. The van der Waals surface area contributed by atoms with E-state index in [4.69, 9.17) is 22.3 Å². The van der Waals surface area contributed by atoms with Crippen LogP contribution in [-0.2, 0) is 34.7 Å². The van der Waals surface area contributed by atoms with Crippen molar-refractivity contribution in [2.45, 2.75) is 0 Å². The number of rotatable bonds is 0. The summed E-state index contributed by atoms with van der Waals surface area (Å²) in [5, 5.41) is 0. The molecule has 0 spiro atoms. The van der Waals surface area contributed by atoms with Gasteiger partial charge in [-0.1, -0.05) is 0 Å². The standard InChI is InChI=1S/CH2O.H2O4S.Zn/c1-2;1-5(2,3)4;/h1H2;(H2,1,2,3,4);/q;;+2/p-2. The first-order valence-corrected chi connectivity index (χ1v) is 2.29. The van der Waals surface area contributed by atoms with Gasteiger partial charge in [0.1, 0.15) is 6.79 Å².